The number of nitrogens with one attached hydrogen (secondary N) is 1. The van der Waals surface area contributed by atoms with Crippen molar-refractivity contribution in [3.63, 3.8) is 0 Å². The van der Waals surface area contributed by atoms with Crippen molar-refractivity contribution in [1.82, 2.24) is 0 Å². The molecule has 1 heterocycles. The number of nitrogens with two attached hydrogens (primary N) is 1. The minimum atomic E-state index is 0.300. The molecule has 0 bridgehead atoms. The summed E-state index contributed by atoms with van der Waals surface area (Å²) < 4.78 is 5.90. The smallest absolute Gasteiger partial charge is 0.193 e. The zero-order valence-corrected chi connectivity index (χ0v) is 14.0. The normalized spacial score (nSPS) is 22.8. The van der Waals surface area contributed by atoms with E-state index in [1.54, 1.807) is 0 Å². The molecule has 0 amide bonds. The van der Waals surface area contributed by atoms with E-state index in [0.717, 1.165) is 31.7 Å². The summed E-state index contributed by atoms with van der Waals surface area (Å²) in [6.07, 6.45) is 3.61. The van der Waals surface area contributed by atoms with Gasteiger partial charge in [-0.2, -0.15) is 0 Å². The summed E-state index contributed by atoms with van der Waals surface area (Å²) in [4.78, 5) is 4.53. The molecule has 0 saturated carbocycles. The minimum Gasteiger partial charge on any atom is -0.378 e. The molecule has 1 aromatic rings. The van der Waals surface area contributed by atoms with Crippen molar-refractivity contribution in [1.29, 1.82) is 0 Å². The number of hydrogen-bond donors (Lipinski definition) is 2. The zero-order chi connectivity index (χ0) is 15.9. The maximum atomic E-state index is 6.03. The van der Waals surface area contributed by atoms with Crippen molar-refractivity contribution in [3.8, 4) is 0 Å². The standard InChI is InChI=1S/C18H29N3O/c1-4-14-7-5-9-16(11-14)21-18(19)20-12-15-8-6-10-22-17(15)13(2)3/h5,7,9,11,13,15,17H,4,6,8,10,12H2,1-3H3,(H3,19,20,21). The molecule has 1 saturated heterocycles. The molecule has 2 atom stereocenters. The van der Waals surface area contributed by atoms with Crippen LogP contribution in [0.1, 0.15) is 39.2 Å². The third kappa shape index (κ3) is 4.73. The summed E-state index contributed by atoms with van der Waals surface area (Å²) in [5.74, 6) is 1.48. The van der Waals surface area contributed by atoms with Crippen LogP contribution in [0.2, 0.25) is 0 Å². The van der Waals surface area contributed by atoms with Crippen LogP contribution in [0.3, 0.4) is 0 Å². The molecule has 4 heteroatoms. The Bertz CT molecular complexity index is 499. The van der Waals surface area contributed by atoms with Crippen molar-refractivity contribution in [3.05, 3.63) is 29.8 Å². The van der Waals surface area contributed by atoms with Gasteiger partial charge >= 0.3 is 0 Å². The Morgan fingerprint density at radius 3 is 3.00 bits per heavy atom. The number of anilines is 1. The molecule has 22 heavy (non-hydrogen) atoms. The van der Waals surface area contributed by atoms with E-state index in [2.05, 4.69) is 43.2 Å². The number of ether oxygens (including phenoxy) is 1. The monoisotopic (exact) mass is 303 g/mol. The van der Waals surface area contributed by atoms with Gasteiger partial charge in [-0.25, -0.2) is 0 Å². The third-order valence-electron chi connectivity index (χ3n) is 4.26. The van der Waals surface area contributed by atoms with Gasteiger partial charge in [0, 0.05) is 24.8 Å². The molecule has 122 valence electrons. The van der Waals surface area contributed by atoms with Crippen LogP contribution in [0.15, 0.2) is 29.3 Å². The highest BCUT2D eigenvalue weighted by Gasteiger charge is 2.28. The van der Waals surface area contributed by atoms with Gasteiger partial charge < -0.3 is 15.8 Å². The van der Waals surface area contributed by atoms with Crippen LogP contribution >= 0.6 is 0 Å². The number of rotatable bonds is 5. The maximum absolute atomic E-state index is 6.03. The van der Waals surface area contributed by atoms with E-state index in [0.29, 0.717) is 23.9 Å². The van der Waals surface area contributed by atoms with Gasteiger partial charge in [0.2, 0.25) is 0 Å². The first-order valence-corrected chi connectivity index (χ1v) is 8.37. The Hall–Kier alpha value is -1.55. The second-order valence-electron chi connectivity index (χ2n) is 6.39. The van der Waals surface area contributed by atoms with E-state index in [4.69, 9.17) is 10.5 Å². The molecule has 1 aromatic carbocycles. The fourth-order valence-electron chi connectivity index (χ4n) is 3.07. The first kappa shape index (κ1) is 16.8. The Kier molecular flexibility index (Phi) is 6.25. The summed E-state index contributed by atoms with van der Waals surface area (Å²) in [6, 6.07) is 8.29. The average molecular weight is 303 g/mol. The van der Waals surface area contributed by atoms with Crippen molar-refractivity contribution in [2.24, 2.45) is 22.6 Å². The van der Waals surface area contributed by atoms with E-state index in [-0.39, 0.29) is 0 Å². The summed E-state index contributed by atoms with van der Waals surface area (Å²) in [5.41, 5.74) is 8.33. The Labute approximate surface area is 134 Å². The first-order chi connectivity index (χ1) is 10.6. The van der Waals surface area contributed by atoms with Gasteiger partial charge in [-0.15, -0.1) is 0 Å². The van der Waals surface area contributed by atoms with Gasteiger partial charge in [0.05, 0.1) is 6.10 Å². The molecule has 1 aliphatic rings. The topological polar surface area (TPSA) is 59.6 Å². The highest BCUT2D eigenvalue weighted by atomic mass is 16.5. The largest absolute Gasteiger partial charge is 0.378 e. The van der Waals surface area contributed by atoms with Crippen LogP contribution in [-0.2, 0) is 11.2 Å². The Morgan fingerprint density at radius 2 is 2.27 bits per heavy atom. The fourth-order valence-corrected chi connectivity index (χ4v) is 3.07. The SMILES string of the molecule is CCc1cccc(NC(N)=NCC2CCCOC2C(C)C)c1. The number of nitrogens with zero attached hydrogens (tertiary/aromatic N) is 1. The van der Waals surface area contributed by atoms with Gasteiger partial charge in [0.1, 0.15) is 0 Å². The number of guanidine groups is 1. The molecule has 1 aliphatic heterocycles. The molecule has 0 aliphatic carbocycles. The highest BCUT2D eigenvalue weighted by molar-refractivity contribution is 5.92. The zero-order valence-electron chi connectivity index (χ0n) is 14.0. The predicted molar refractivity (Wildman–Crippen MR) is 93.2 cm³/mol. The summed E-state index contributed by atoms with van der Waals surface area (Å²) in [5, 5.41) is 3.19. The summed E-state index contributed by atoms with van der Waals surface area (Å²) >= 11 is 0. The fraction of sp³-hybridized carbons (Fsp3) is 0.611. The molecule has 1 fully saturated rings. The van der Waals surface area contributed by atoms with E-state index in [1.807, 2.05) is 12.1 Å². The van der Waals surface area contributed by atoms with Crippen molar-refractivity contribution in [2.45, 2.75) is 46.1 Å². The quantitative estimate of drug-likeness (QED) is 0.647. The molecule has 3 N–H and O–H groups in total. The van der Waals surface area contributed by atoms with Gasteiger partial charge in [-0.05, 0) is 42.9 Å². The van der Waals surface area contributed by atoms with Crippen LogP contribution in [0.25, 0.3) is 0 Å². The van der Waals surface area contributed by atoms with Crippen LogP contribution < -0.4 is 11.1 Å². The highest BCUT2D eigenvalue weighted by Crippen LogP contribution is 2.26. The lowest BCUT2D eigenvalue weighted by Crippen LogP contribution is -2.36. The average Bonchev–Trinajstić information content (AvgIpc) is 2.53. The molecule has 2 unspecified atom stereocenters. The van der Waals surface area contributed by atoms with Crippen molar-refractivity contribution >= 4 is 11.6 Å². The van der Waals surface area contributed by atoms with Gasteiger partial charge in [-0.3, -0.25) is 4.99 Å². The third-order valence-corrected chi connectivity index (χ3v) is 4.26. The first-order valence-electron chi connectivity index (χ1n) is 8.37. The van der Waals surface area contributed by atoms with Crippen LogP contribution in [-0.4, -0.2) is 25.2 Å². The van der Waals surface area contributed by atoms with Crippen molar-refractivity contribution in [2.75, 3.05) is 18.5 Å². The van der Waals surface area contributed by atoms with E-state index in [1.165, 1.54) is 12.0 Å². The minimum absolute atomic E-state index is 0.300. The molecule has 4 nitrogen and oxygen atoms in total. The lowest BCUT2D eigenvalue weighted by Gasteiger charge is -2.33. The van der Waals surface area contributed by atoms with Gasteiger partial charge in [0.15, 0.2) is 5.96 Å². The van der Waals surface area contributed by atoms with E-state index >= 15 is 0 Å². The second kappa shape index (κ2) is 8.18. The number of benzene rings is 1. The maximum Gasteiger partial charge on any atom is 0.193 e. The number of hydrogen-bond acceptors (Lipinski definition) is 2. The molecular formula is C18H29N3O. The number of aliphatic imine (C=N–C) groups is 1. The van der Waals surface area contributed by atoms with E-state index in [9.17, 15) is 0 Å². The molecule has 0 spiro atoms. The Morgan fingerprint density at radius 1 is 1.45 bits per heavy atom. The number of aryl methyl sites for hydroxylation is 1. The lowest BCUT2D eigenvalue weighted by molar-refractivity contribution is -0.0491. The molecule has 0 aromatic heterocycles. The van der Waals surface area contributed by atoms with Crippen LogP contribution in [0.4, 0.5) is 5.69 Å². The molecule has 0 radical (unpaired) electrons. The molecule has 2 rings (SSSR count). The van der Waals surface area contributed by atoms with E-state index < -0.39 is 0 Å². The van der Waals surface area contributed by atoms with Gasteiger partial charge in [0.25, 0.3) is 0 Å². The van der Waals surface area contributed by atoms with Crippen LogP contribution in [0, 0.1) is 11.8 Å². The van der Waals surface area contributed by atoms with Crippen LogP contribution in [0.5, 0.6) is 0 Å². The van der Waals surface area contributed by atoms with Gasteiger partial charge in [-0.1, -0.05) is 32.9 Å². The Balaban J connectivity index is 1.93. The second-order valence-corrected chi connectivity index (χ2v) is 6.39. The lowest BCUT2D eigenvalue weighted by atomic mass is 9.87. The van der Waals surface area contributed by atoms with Crippen molar-refractivity contribution < 1.29 is 4.74 Å². The summed E-state index contributed by atoms with van der Waals surface area (Å²) in [6.45, 7) is 8.18. The summed E-state index contributed by atoms with van der Waals surface area (Å²) in [7, 11) is 0. The predicted octanol–water partition coefficient (Wildman–Crippen LogP) is 3.43. The molecular weight excluding hydrogens is 274 g/mol.